The average Bonchev–Trinajstić information content (AvgIpc) is 2.42. The van der Waals surface area contributed by atoms with Crippen LogP contribution in [0.5, 0.6) is 0 Å². The van der Waals surface area contributed by atoms with E-state index in [0.29, 0.717) is 6.54 Å². The minimum absolute atomic E-state index is 0.0710. The van der Waals surface area contributed by atoms with Gasteiger partial charge in [0.25, 0.3) is 20.2 Å². The molecule has 1 unspecified atom stereocenters. The lowest BCUT2D eigenvalue weighted by molar-refractivity contribution is 0.476. The van der Waals surface area contributed by atoms with Crippen LogP contribution < -0.4 is 10.6 Å². The number of hydrogen-bond acceptors (Lipinski definition) is 6. The molecule has 0 saturated heterocycles. The third-order valence-electron chi connectivity index (χ3n) is 3.16. The first-order valence-electron chi connectivity index (χ1n) is 7.00. The molecular formula is C13H22N2O6S2. The summed E-state index contributed by atoms with van der Waals surface area (Å²) in [7, 11) is -7.91. The molecule has 1 aromatic carbocycles. The van der Waals surface area contributed by atoms with Crippen molar-refractivity contribution in [3.8, 4) is 0 Å². The lowest BCUT2D eigenvalue weighted by Crippen LogP contribution is -2.25. The molecule has 0 aromatic heterocycles. The normalized spacial score (nSPS) is 13.9. The van der Waals surface area contributed by atoms with E-state index in [4.69, 9.17) is 9.11 Å². The average molecular weight is 366 g/mol. The van der Waals surface area contributed by atoms with Crippen LogP contribution in [0.3, 0.4) is 0 Å². The SMILES string of the molecule is CC(NCCS(=O)(=O)O)c1ccc(CNCCS(=O)(=O)O)cc1. The summed E-state index contributed by atoms with van der Waals surface area (Å²) in [5.74, 6) is -0.674. The van der Waals surface area contributed by atoms with E-state index < -0.39 is 20.2 Å². The quantitative estimate of drug-likeness (QED) is 0.341. The van der Waals surface area contributed by atoms with Gasteiger partial charge in [-0.15, -0.1) is 0 Å². The molecule has 0 bridgehead atoms. The molecule has 0 heterocycles. The van der Waals surface area contributed by atoms with Crippen LogP contribution in [0.15, 0.2) is 24.3 Å². The van der Waals surface area contributed by atoms with Gasteiger partial charge in [0, 0.05) is 25.7 Å². The largest absolute Gasteiger partial charge is 0.312 e. The molecular weight excluding hydrogens is 344 g/mol. The van der Waals surface area contributed by atoms with Crippen molar-refractivity contribution in [3.05, 3.63) is 35.4 Å². The van der Waals surface area contributed by atoms with Crippen molar-refractivity contribution in [2.75, 3.05) is 24.6 Å². The number of rotatable bonds is 10. The predicted octanol–water partition coefficient (Wildman–Crippen LogP) is 0.202. The van der Waals surface area contributed by atoms with Crippen LogP contribution in [0.4, 0.5) is 0 Å². The van der Waals surface area contributed by atoms with Gasteiger partial charge in [0.1, 0.15) is 0 Å². The monoisotopic (exact) mass is 366 g/mol. The van der Waals surface area contributed by atoms with Gasteiger partial charge >= 0.3 is 0 Å². The van der Waals surface area contributed by atoms with Crippen molar-refractivity contribution < 1.29 is 25.9 Å². The second-order valence-electron chi connectivity index (χ2n) is 5.17. The summed E-state index contributed by atoms with van der Waals surface area (Å²) < 4.78 is 59.7. The minimum atomic E-state index is -3.96. The molecule has 1 aromatic rings. The summed E-state index contributed by atoms with van der Waals surface area (Å²) in [6, 6.07) is 7.43. The first-order valence-corrected chi connectivity index (χ1v) is 10.2. The molecule has 23 heavy (non-hydrogen) atoms. The Morgan fingerprint density at radius 2 is 1.48 bits per heavy atom. The van der Waals surface area contributed by atoms with Crippen LogP contribution in [-0.2, 0) is 26.8 Å². The van der Waals surface area contributed by atoms with Gasteiger partial charge in [-0.3, -0.25) is 9.11 Å². The van der Waals surface area contributed by atoms with Crippen LogP contribution in [0.2, 0.25) is 0 Å². The number of nitrogens with one attached hydrogen (secondary N) is 2. The number of hydrogen-bond donors (Lipinski definition) is 4. The third kappa shape index (κ3) is 9.64. The lowest BCUT2D eigenvalue weighted by atomic mass is 10.1. The Balaban J connectivity index is 2.40. The Kier molecular flexibility index (Phi) is 7.58. The van der Waals surface area contributed by atoms with Crippen molar-refractivity contribution >= 4 is 20.2 Å². The van der Waals surface area contributed by atoms with Crippen LogP contribution in [0.1, 0.15) is 24.1 Å². The smallest absolute Gasteiger partial charge is 0.266 e. The summed E-state index contributed by atoms with van der Waals surface area (Å²) in [4.78, 5) is 0. The zero-order valence-corrected chi connectivity index (χ0v) is 14.4. The second kappa shape index (κ2) is 8.71. The van der Waals surface area contributed by atoms with Crippen molar-refractivity contribution in [2.24, 2.45) is 0 Å². The predicted molar refractivity (Wildman–Crippen MR) is 87.4 cm³/mol. The van der Waals surface area contributed by atoms with E-state index >= 15 is 0 Å². The molecule has 1 rings (SSSR count). The van der Waals surface area contributed by atoms with Gasteiger partial charge in [0.05, 0.1) is 11.5 Å². The summed E-state index contributed by atoms with van der Waals surface area (Å²) in [6.07, 6.45) is 0. The second-order valence-corrected chi connectivity index (χ2v) is 8.31. The van der Waals surface area contributed by atoms with Crippen LogP contribution >= 0.6 is 0 Å². The fraction of sp³-hybridized carbons (Fsp3) is 0.538. The first kappa shape index (κ1) is 20.0. The Labute approximate surface area is 136 Å². The molecule has 0 fully saturated rings. The molecule has 0 saturated carbocycles. The summed E-state index contributed by atoms with van der Waals surface area (Å²) in [5.41, 5.74) is 1.91. The van der Waals surface area contributed by atoms with E-state index in [-0.39, 0.29) is 30.6 Å². The first-order chi connectivity index (χ1) is 10.6. The fourth-order valence-electron chi connectivity index (χ4n) is 1.88. The Hall–Kier alpha value is -1.04. The summed E-state index contributed by atoms with van der Waals surface area (Å²) >= 11 is 0. The molecule has 0 aliphatic heterocycles. The van der Waals surface area contributed by atoms with Crippen LogP contribution in [-0.4, -0.2) is 50.5 Å². The van der Waals surface area contributed by atoms with Crippen LogP contribution in [0, 0.1) is 0 Å². The summed E-state index contributed by atoms with van der Waals surface area (Å²) in [5, 5.41) is 5.90. The molecule has 0 aliphatic rings. The van der Waals surface area contributed by atoms with Crippen molar-refractivity contribution in [1.82, 2.24) is 10.6 Å². The maximum Gasteiger partial charge on any atom is 0.266 e. The fourth-order valence-corrected chi connectivity index (χ4v) is 2.66. The molecule has 0 spiro atoms. The van der Waals surface area contributed by atoms with Crippen molar-refractivity contribution in [2.45, 2.75) is 19.5 Å². The maximum absolute atomic E-state index is 10.6. The van der Waals surface area contributed by atoms with Crippen molar-refractivity contribution in [3.63, 3.8) is 0 Å². The van der Waals surface area contributed by atoms with Gasteiger partial charge in [-0.2, -0.15) is 16.8 Å². The standard InChI is InChI=1S/C13H22N2O6S2/c1-11(15-7-9-23(19,20)21)13-4-2-12(3-5-13)10-14-6-8-22(16,17)18/h2-5,11,14-15H,6-10H2,1H3,(H,16,17,18)(H,19,20,21). The highest BCUT2D eigenvalue weighted by Gasteiger charge is 2.08. The molecule has 1 atom stereocenters. The van der Waals surface area contributed by atoms with E-state index in [1.807, 2.05) is 31.2 Å². The van der Waals surface area contributed by atoms with Gasteiger partial charge in [-0.05, 0) is 18.1 Å². The number of benzene rings is 1. The van der Waals surface area contributed by atoms with E-state index in [1.165, 1.54) is 0 Å². The molecule has 10 heteroatoms. The Bertz CT molecular complexity index is 686. The molecule has 0 aliphatic carbocycles. The molecule has 8 nitrogen and oxygen atoms in total. The van der Waals surface area contributed by atoms with Gasteiger partial charge in [0.15, 0.2) is 0 Å². The van der Waals surface area contributed by atoms with E-state index in [9.17, 15) is 16.8 Å². The highest BCUT2D eigenvalue weighted by atomic mass is 32.2. The van der Waals surface area contributed by atoms with Gasteiger partial charge < -0.3 is 10.6 Å². The Morgan fingerprint density at radius 1 is 0.957 bits per heavy atom. The van der Waals surface area contributed by atoms with Gasteiger partial charge in [0.2, 0.25) is 0 Å². The van der Waals surface area contributed by atoms with E-state index in [0.717, 1.165) is 11.1 Å². The molecule has 0 radical (unpaired) electrons. The molecule has 132 valence electrons. The van der Waals surface area contributed by atoms with Gasteiger partial charge in [-0.1, -0.05) is 24.3 Å². The van der Waals surface area contributed by atoms with E-state index in [2.05, 4.69) is 10.6 Å². The summed E-state index contributed by atoms with van der Waals surface area (Å²) in [6.45, 7) is 2.66. The zero-order valence-electron chi connectivity index (χ0n) is 12.8. The molecule has 0 amide bonds. The highest BCUT2D eigenvalue weighted by molar-refractivity contribution is 7.86. The van der Waals surface area contributed by atoms with Gasteiger partial charge in [-0.25, -0.2) is 0 Å². The minimum Gasteiger partial charge on any atom is -0.312 e. The highest BCUT2D eigenvalue weighted by Crippen LogP contribution is 2.13. The zero-order chi connectivity index (χ0) is 17.5. The van der Waals surface area contributed by atoms with E-state index in [1.54, 1.807) is 0 Å². The topological polar surface area (TPSA) is 133 Å². The molecule has 4 N–H and O–H groups in total. The van der Waals surface area contributed by atoms with Crippen molar-refractivity contribution in [1.29, 1.82) is 0 Å². The Morgan fingerprint density at radius 3 is 2.00 bits per heavy atom. The maximum atomic E-state index is 10.6. The van der Waals surface area contributed by atoms with Crippen LogP contribution in [0.25, 0.3) is 0 Å². The lowest BCUT2D eigenvalue weighted by Gasteiger charge is -2.14. The third-order valence-corrected chi connectivity index (χ3v) is 4.60.